The average molecular weight is 476 g/mol. The van der Waals surface area contributed by atoms with Gasteiger partial charge in [-0.25, -0.2) is 9.78 Å². The fraction of sp³-hybridized carbons (Fsp3) is 0.0870. The lowest BCUT2D eigenvalue weighted by Crippen LogP contribution is -2.03. The van der Waals surface area contributed by atoms with Gasteiger partial charge in [-0.1, -0.05) is 0 Å². The summed E-state index contributed by atoms with van der Waals surface area (Å²) >= 11 is 1.17. The Morgan fingerprint density at radius 3 is 2.71 bits per heavy atom. The van der Waals surface area contributed by atoms with Gasteiger partial charge in [0.15, 0.2) is 11.5 Å². The van der Waals surface area contributed by atoms with Gasteiger partial charge in [0.25, 0.3) is 5.69 Å². The van der Waals surface area contributed by atoms with E-state index >= 15 is 0 Å². The van der Waals surface area contributed by atoms with Gasteiger partial charge in [0.05, 0.1) is 30.4 Å². The number of anilines is 1. The first-order valence-electron chi connectivity index (χ1n) is 9.71. The summed E-state index contributed by atoms with van der Waals surface area (Å²) in [4.78, 5) is 27.4. The topological polar surface area (TPSA) is 141 Å². The van der Waals surface area contributed by atoms with E-state index in [1.807, 2.05) is 0 Å². The molecule has 0 aliphatic carbocycles. The van der Waals surface area contributed by atoms with Gasteiger partial charge >= 0.3 is 5.63 Å². The van der Waals surface area contributed by atoms with Crippen LogP contribution in [0.5, 0.6) is 11.5 Å². The number of non-ortho nitro benzene ring substituents is 1. The van der Waals surface area contributed by atoms with E-state index in [0.717, 1.165) is 0 Å². The van der Waals surface area contributed by atoms with Gasteiger partial charge in [-0.05, 0) is 24.3 Å². The van der Waals surface area contributed by atoms with Crippen molar-refractivity contribution in [2.24, 2.45) is 0 Å². The molecule has 0 saturated heterocycles. The van der Waals surface area contributed by atoms with Crippen LogP contribution in [0.1, 0.15) is 5.01 Å². The minimum atomic E-state index is -0.635. The molecule has 2 aromatic heterocycles. The van der Waals surface area contributed by atoms with Crippen molar-refractivity contribution in [2.75, 3.05) is 19.5 Å². The molecular formula is C23H16N4O6S. The summed E-state index contributed by atoms with van der Waals surface area (Å²) in [5, 5.41) is 26.1. The van der Waals surface area contributed by atoms with Crippen LogP contribution in [-0.4, -0.2) is 24.1 Å². The van der Waals surface area contributed by atoms with Gasteiger partial charge in [-0.3, -0.25) is 10.1 Å². The van der Waals surface area contributed by atoms with Gasteiger partial charge in [0.1, 0.15) is 22.2 Å². The van der Waals surface area contributed by atoms with Crippen molar-refractivity contribution in [3.63, 3.8) is 0 Å². The van der Waals surface area contributed by atoms with E-state index < -0.39 is 10.5 Å². The lowest BCUT2D eigenvalue weighted by atomic mass is 10.1. The molecule has 0 bridgehead atoms. The number of aromatic nitrogens is 1. The third-order valence-corrected chi connectivity index (χ3v) is 5.70. The standard InChI is InChI=1S/C23H16N4O6S/c1-31-20-5-3-15(9-21(20)32-2)25-11-14(10-24)22-26-18(12-34-22)17-8-13-7-16(27(29)30)4-6-19(13)33-23(17)28/h3-9,11-12,25H,1-2H3. The van der Waals surface area contributed by atoms with Crippen LogP contribution in [0.15, 0.2) is 63.3 Å². The second-order valence-electron chi connectivity index (χ2n) is 6.85. The van der Waals surface area contributed by atoms with Gasteiger partial charge in [-0.2, -0.15) is 5.26 Å². The van der Waals surface area contributed by atoms with Crippen LogP contribution < -0.4 is 20.4 Å². The molecule has 0 spiro atoms. The number of thiazole rings is 1. The zero-order valence-corrected chi connectivity index (χ0v) is 18.7. The summed E-state index contributed by atoms with van der Waals surface area (Å²) < 4.78 is 15.8. The molecule has 0 fully saturated rings. The average Bonchev–Trinajstić information content (AvgIpc) is 3.33. The Balaban J connectivity index is 1.65. The number of hydrogen-bond acceptors (Lipinski definition) is 10. The fourth-order valence-electron chi connectivity index (χ4n) is 3.15. The van der Waals surface area contributed by atoms with E-state index in [-0.39, 0.29) is 22.4 Å². The maximum atomic E-state index is 12.5. The Hall–Kier alpha value is -4.69. The van der Waals surface area contributed by atoms with Crippen LogP contribution in [0.2, 0.25) is 0 Å². The van der Waals surface area contributed by atoms with Crippen LogP contribution in [0, 0.1) is 21.4 Å². The van der Waals surface area contributed by atoms with E-state index in [2.05, 4.69) is 16.4 Å². The molecular weight excluding hydrogens is 460 g/mol. The Labute approximate surface area is 196 Å². The number of rotatable bonds is 7. The first-order chi connectivity index (χ1) is 16.4. The third-order valence-electron chi connectivity index (χ3n) is 4.82. The van der Waals surface area contributed by atoms with E-state index in [9.17, 15) is 20.2 Å². The van der Waals surface area contributed by atoms with Crippen LogP contribution in [0.4, 0.5) is 11.4 Å². The van der Waals surface area contributed by atoms with Crippen LogP contribution >= 0.6 is 11.3 Å². The molecule has 170 valence electrons. The van der Waals surface area contributed by atoms with E-state index in [0.29, 0.717) is 33.3 Å². The monoisotopic (exact) mass is 476 g/mol. The van der Waals surface area contributed by atoms with E-state index in [1.54, 1.807) is 23.6 Å². The van der Waals surface area contributed by atoms with Crippen molar-refractivity contribution in [3.8, 4) is 28.8 Å². The van der Waals surface area contributed by atoms with Crippen molar-refractivity contribution in [1.82, 2.24) is 4.98 Å². The number of nitro benzene ring substituents is 1. The molecule has 0 unspecified atom stereocenters. The van der Waals surface area contributed by atoms with Gasteiger partial charge < -0.3 is 19.2 Å². The van der Waals surface area contributed by atoms with Crippen molar-refractivity contribution < 1.29 is 18.8 Å². The molecule has 0 saturated carbocycles. The predicted molar refractivity (Wildman–Crippen MR) is 127 cm³/mol. The van der Waals surface area contributed by atoms with Crippen molar-refractivity contribution >= 4 is 39.3 Å². The highest BCUT2D eigenvalue weighted by molar-refractivity contribution is 7.11. The number of ether oxygens (including phenoxy) is 2. The number of methoxy groups -OCH3 is 2. The van der Waals surface area contributed by atoms with Gasteiger partial charge in [-0.15, -0.1) is 11.3 Å². The summed E-state index contributed by atoms with van der Waals surface area (Å²) in [7, 11) is 3.06. The molecule has 4 rings (SSSR count). The molecule has 0 amide bonds. The first-order valence-corrected chi connectivity index (χ1v) is 10.6. The van der Waals surface area contributed by atoms with Crippen molar-refractivity contribution in [1.29, 1.82) is 5.26 Å². The summed E-state index contributed by atoms with van der Waals surface area (Å²) in [6.45, 7) is 0. The summed E-state index contributed by atoms with van der Waals surface area (Å²) in [6, 6.07) is 12.7. The summed E-state index contributed by atoms with van der Waals surface area (Å²) in [5.41, 5.74) is 0.818. The van der Waals surface area contributed by atoms with E-state index in [4.69, 9.17) is 13.9 Å². The highest BCUT2D eigenvalue weighted by atomic mass is 32.1. The second-order valence-corrected chi connectivity index (χ2v) is 7.71. The molecule has 4 aromatic rings. The van der Waals surface area contributed by atoms with Crippen molar-refractivity contribution in [2.45, 2.75) is 0 Å². The lowest BCUT2D eigenvalue weighted by Gasteiger charge is -2.09. The molecule has 0 atom stereocenters. The summed E-state index contributed by atoms with van der Waals surface area (Å²) in [6.07, 6.45) is 1.50. The minimum absolute atomic E-state index is 0.123. The Morgan fingerprint density at radius 1 is 1.21 bits per heavy atom. The quantitative estimate of drug-likeness (QED) is 0.172. The molecule has 10 nitrogen and oxygen atoms in total. The molecule has 0 radical (unpaired) electrons. The molecule has 0 aliphatic heterocycles. The summed E-state index contributed by atoms with van der Waals surface area (Å²) in [5.74, 6) is 1.10. The molecule has 2 heterocycles. The smallest absolute Gasteiger partial charge is 0.345 e. The number of nitro groups is 1. The fourth-order valence-corrected chi connectivity index (χ4v) is 3.93. The number of nitriles is 1. The molecule has 2 aromatic carbocycles. The van der Waals surface area contributed by atoms with Crippen LogP contribution in [0.25, 0.3) is 27.8 Å². The number of nitrogens with one attached hydrogen (secondary N) is 1. The third kappa shape index (κ3) is 4.43. The largest absolute Gasteiger partial charge is 0.493 e. The van der Waals surface area contributed by atoms with Gasteiger partial charge in [0, 0.05) is 40.9 Å². The molecule has 11 heteroatoms. The highest BCUT2D eigenvalue weighted by Gasteiger charge is 2.15. The predicted octanol–water partition coefficient (Wildman–Crippen LogP) is 4.82. The van der Waals surface area contributed by atoms with E-state index in [1.165, 1.54) is 56.0 Å². The SMILES string of the molecule is COc1ccc(NC=C(C#N)c2nc(-c3cc4cc([N+](=O)[O-])ccc4oc3=O)cs2)cc1OC. The zero-order valence-electron chi connectivity index (χ0n) is 17.9. The first kappa shape index (κ1) is 22.5. The zero-order chi connectivity index (χ0) is 24.2. The highest BCUT2D eigenvalue weighted by Crippen LogP contribution is 2.31. The number of benzene rings is 2. The normalized spacial score (nSPS) is 11.1. The molecule has 34 heavy (non-hydrogen) atoms. The number of nitrogens with zero attached hydrogens (tertiary/aromatic N) is 3. The Bertz CT molecular complexity index is 1530. The number of hydrogen-bond donors (Lipinski definition) is 1. The Morgan fingerprint density at radius 2 is 2.00 bits per heavy atom. The van der Waals surface area contributed by atoms with Crippen molar-refractivity contribution in [3.05, 3.63) is 79.6 Å². The van der Waals surface area contributed by atoms with Crippen LogP contribution in [0.3, 0.4) is 0 Å². The molecule has 0 aliphatic rings. The maximum Gasteiger partial charge on any atom is 0.345 e. The number of fused-ring (bicyclic) bond motifs is 1. The number of allylic oxidation sites excluding steroid dienone is 1. The Kier molecular flexibility index (Phi) is 6.24. The molecule has 1 N–H and O–H groups in total. The maximum absolute atomic E-state index is 12.5. The van der Waals surface area contributed by atoms with Crippen LogP contribution in [-0.2, 0) is 0 Å². The minimum Gasteiger partial charge on any atom is -0.493 e. The second kappa shape index (κ2) is 9.43. The van der Waals surface area contributed by atoms with Gasteiger partial charge in [0.2, 0.25) is 0 Å². The lowest BCUT2D eigenvalue weighted by molar-refractivity contribution is -0.384.